The Morgan fingerprint density at radius 3 is 2.64 bits per heavy atom. The van der Waals surface area contributed by atoms with Gasteiger partial charge in [0.25, 0.3) is 0 Å². The lowest BCUT2D eigenvalue weighted by Gasteiger charge is -2.35. The maximum atomic E-state index is 12.4. The van der Waals surface area contributed by atoms with Gasteiger partial charge in [0.2, 0.25) is 0 Å². The molecule has 2 heterocycles. The van der Waals surface area contributed by atoms with Crippen LogP contribution in [0.15, 0.2) is 30.3 Å². The normalized spacial score (nSPS) is 24.1. The number of para-hydroxylation sites is 1. The molecule has 0 aromatic heterocycles. The zero-order valence-electron chi connectivity index (χ0n) is 13.5. The van der Waals surface area contributed by atoms with Crippen LogP contribution >= 0.6 is 0 Å². The summed E-state index contributed by atoms with van der Waals surface area (Å²) in [6, 6.07) is 8.29. The fourth-order valence-electron chi connectivity index (χ4n) is 3.42. The van der Waals surface area contributed by atoms with Crippen molar-refractivity contribution < 1.29 is 9.53 Å². The molecule has 1 aromatic carbocycles. The van der Waals surface area contributed by atoms with Crippen LogP contribution < -0.4 is 5.73 Å². The predicted octanol–water partition coefficient (Wildman–Crippen LogP) is 3.82. The van der Waals surface area contributed by atoms with Crippen LogP contribution in [0.5, 0.6) is 0 Å². The molecule has 3 rings (SSSR count). The smallest absolute Gasteiger partial charge is 0.411 e. The zero-order valence-corrected chi connectivity index (χ0v) is 13.5. The largest absolute Gasteiger partial charge is 0.444 e. The lowest BCUT2D eigenvalue weighted by atomic mass is 9.94. The third kappa shape index (κ3) is 2.82. The first-order valence-electron chi connectivity index (χ1n) is 7.92. The Labute approximate surface area is 131 Å². The van der Waals surface area contributed by atoms with Crippen LogP contribution in [0.1, 0.15) is 45.6 Å². The molecule has 118 valence electrons. The van der Waals surface area contributed by atoms with Gasteiger partial charge in [0, 0.05) is 17.3 Å². The Balaban J connectivity index is 1.84. The molecular formula is C18H24N2O2. The Morgan fingerprint density at radius 1 is 1.27 bits per heavy atom. The molecule has 22 heavy (non-hydrogen) atoms. The summed E-state index contributed by atoms with van der Waals surface area (Å²) in [5.74, 6) is 0. The standard InChI is InChI=1S/C18H24N2O2/c1-18(2,3)22-17(21)20-13-8-9-14(20)11-12(10-13)15-6-4-5-7-16(15)19/h4-7,10,13-14H,8-9,11,19H2,1-3H3. The number of hydrogen-bond donors (Lipinski definition) is 1. The lowest BCUT2D eigenvalue weighted by molar-refractivity contribution is 0.0175. The summed E-state index contributed by atoms with van der Waals surface area (Å²) in [7, 11) is 0. The van der Waals surface area contributed by atoms with Crippen LogP contribution in [0.4, 0.5) is 10.5 Å². The highest BCUT2D eigenvalue weighted by Crippen LogP contribution is 2.40. The van der Waals surface area contributed by atoms with Gasteiger partial charge in [-0.05, 0) is 51.7 Å². The molecule has 4 nitrogen and oxygen atoms in total. The number of nitrogen functional groups attached to an aromatic ring is 1. The number of ether oxygens (including phenoxy) is 1. The average molecular weight is 300 g/mol. The van der Waals surface area contributed by atoms with Gasteiger partial charge < -0.3 is 10.5 Å². The first-order valence-corrected chi connectivity index (χ1v) is 7.92. The van der Waals surface area contributed by atoms with Crippen molar-refractivity contribution in [2.45, 2.75) is 57.7 Å². The molecule has 2 unspecified atom stereocenters. The molecule has 1 fully saturated rings. The summed E-state index contributed by atoms with van der Waals surface area (Å²) < 4.78 is 5.56. The summed E-state index contributed by atoms with van der Waals surface area (Å²) in [6.45, 7) is 5.72. The van der Waals surface area contributed by atoms with E-state index < -0.39 is 5.60 Å². The number of amides is 1. The molecule has 0 aliphatic carbocycles. The first-order chi connectivity index (χ1) is 10.3. The van der Waals surface area contributed by atoms with Gasteiger partial charge in [-0.1, -0.05) is 24.3 Å². The molecule has 1 saturated heterocycles. The van der Waals surface area contributed by atoms with Gasteiger partial charge in [-0.3, -0.25) is 4.90 Å². The molecule has 2 atom stereocenters. The van der Waals surface area contributed by atoms with Crippen LogP contribution in [0.25, 0.3) is 5.57 Å². The number of nitrogens with two attached hydrogens (primary N) is 1. The molecule has 1 amide bonds. The molecule has 0 spiro atoms. The minimum Gasteiger partial charge on any atom is -0.444 e. The maximum Gasteiger partial charge on any atom is 0.411 e. The highest BCUT2D eigenvalue weighted by atomic mass is 16.6. The van der Waals surface area contributed by atoms with E-state index in [1.54, 1.807) is 0 Å². The number of anilines is 1. The van der Waals surface area contributed by atoms with E-state index in [2.05, 4.69) is 12.1 Å². The minimum atomic E-state index is -0.454. The Hall–Kier alpha value is -1.97. The summed E-state index contributed by atoms with van der Waals surface area (Å²) >= 11 is 0. The summed E-state index contributed by atoms with van der Waals surface area (Å²) in [4.78, 5) is 14.3. The van der Waals surface area contributed by atoms with Crippen molar-refractivity contribution in [3.8, 4) is 0 Å². The zero-order chi connectivity index (χ0) is 15.9. The quantitative estimate of drug-likeness (QED) is 0.802. The van der Waals surface area contributed by atoms with Crippen molar-refractivity contribution in [1.29, 1.82) is 0 Å². The molecule has 1 aromatic rings. The van der Waals surface area contributed by atoms with E-state index in [1.165, 1.54) is 5.57 Å². The van der Waals surface area contributed by atoms with Crippen LogP contribution in [0.3, 0.4) is 0 Å². The fourth-order valence-corrected chi connectivity index (χ4v) is 3.42. The molecular weight excluding hydrogens is 276 g/mol. The molecule has 4 heteroatoms. The number of benzene rings is 1. The number of nitrogens with zero attached hydrogens (tertiary/aromatic N) is 1. The van der Waals surface area contributed by atoms with Gasteiger partial charge in [-0.2, -0.15) is 0 Å². The van der Waals surface area contributed by atoms with E-state index in [4.69, 9.17) is 10.5 Å². The molecule has 0 radical (unpaired) electrons. The SMILES string of the molecule is CC(C)(C)OC(=O)N1C2C=C(c3ccccc3N)CC1CC2. The molecule has 2 aliphatic heterocycles. The van der Waals surface area contributed by atoms with E-state index in [-0.39, 0.29) is 18.2 Å². The van der Waals surface area contributed by atoms with Crippen LogP contribution in [-0.4, -0.2) is 28.7 Å². The maximum absolute atomic E-state index is 12.4. The van der Waals surface area contributed by atoms with Crippen molar-refractivity contribution in [3.05, 3.63) is 35.9 Å². The van der Waals surface area contributed by atoms with E-state index >= 15 is 0 Å². The average Bonchev–Trinajstić information content (AvgIpc) is 2.68. The van der Waals surface area contributed by atoms with Crippen molar-refractivity contribution in [2.24, 2.45) is 0 Å². The molecule has 2 bridgehead atoms. The lowest BCUT2D eigenvalue weighted by Crippen LogP contribution is -2.45. The second-order valence-electron chi connectivity index (χ2n) is 7.17. The Morgan fingerprint density at radius 2 is 2.00 bits per heavy atom. The number of carbonyl (C=O) groups excluding carboxylic acids is 1. The summed E-state index contributed by atoms with van der Waals surface area (Å²) in [5, 5.41) is 0. The number of fused-ring (bicyclic) bond motifs is 2. The summed E-state index contributed by atoms with van der Waals surface area (Å²) in [6.07, 6.45) is 4.87. The van der Waals surface area contributed by atoms with Crippen molar-refractivity contribution in [3.63, 3.8) is 0 Å². The summed E-state index contributed by atoms with van der Waals surface area (Å²) in [5.41, 5.74) is 8.80. The first kappa shape index (κ1) is 14.9. The van der Waals surface area contributed by atoms with Crippen LogP contribution in [0.2, 0.25) is 0 Å². The number of carbonyl (C=O) groups is 1. The van der Waals surface area contributed by atoms with Crippen LogP contribution in [0, 0.1) is 0 Å². The topological polar surface area (TPSA) is 55.6 Å². The third-order valence-electron chi connectivity index (χ3n) is 4.31. The van der Waals surface area contributed by atoms with Gasteiger partial charge in [0.05, 0.1) is 6.04 Å². The van der Waals surface area contributed by atoms with Crippen molar-refractivity contribution in [2.75, 3.05) is 5.73 Å². The monoisotopic (exact) mass is 300 g/mol. The van der Waals surface area contributed by atoms with Gasteiger partial charge in [-0.15, -0.1) is 0 Å². The number of rotatable bonds is 1. The van der Waals surface area contributed by atoms with Gasteiger partial charge in [-0.25, -0.2) is 4.79 Å². The van der Waals surface area contributed by atoms with Gasteiger partial charge in [0.15, 0.2) is 0 Å². The fraction of sp³-hybridized carbons (Fsp3) is 0.500. The van der Waals surface area contributed by atoms with Crippen molar-refractivity contribution >= 4 is 17.4 Å². The Bertz CT molecular complexity index is 616. The number of hydrogen-bond acceptors (Lipinski definition) is 3. The predicted molar refractivity (Wildman–Crippen MR) is 88.3 cm³/mol. The van der Waals surface area contributed by atoms with E-state index in [0.717, 1.165) is 30.5 Å². The minimum absolute atomic E-state index is 0.128. The highest BCUT2D eigenvalue weighted by molar-refractivity contribution is 5.79. The third-order valence-corrected chi connectivity index (χ3v) is 4.31. The second-order valence-corrected chi connectivity index (χ2v) is 7.17. The van der Waals surface area contributed by atoms with Gasteiger partial charge in [0.1, 0.15) is 5.60 Å². The second kappa shape index (κ2) is 5.34. The van der Waals surface area contributed by atoms with Crippen molar-refractivity contribution in [1.82, 2.24) is 4.90 Å². The Kier molecular flexibility index (Phi) is 3.63. The molecule has 2 N–H and O–H groups in total. The van der Waals surface area contributed by atoms with E-state index in [1.807, 2.05) is 43.9 Å². The highest BCUT2D eigenvalue weighted by Gasteiger charge is 2.41. The molecule has 2 aliphatic rings. The van der Waals surface area contributed by atoms with Crippen LogP contribution in [-0.2, 0) is 4.74 Å². The van der Waals surface area contributed by atoms with E-state index in [9.17, 15) is 4.79 Å². The molecule has 0 saturated carbocycles. The van der Waals surface area contributed by atoms with Gasteiger partial charge >= 0.3 is 6.09 Å². The van der Waals surface area contributed by atoms with E-state index in [0.29, 0.717) is 0 Å².